The first-order valence-corrected chi connectivity index (χ1v) is 4.96. The molecule has 0 unspecified atom stereocenters. The first-order chi connectivity index (χ1) is 7.89. The molecule has 0 atom stereocenters. The van der Waals surface area contributed by atoms with Gasteiger partial charge in [-0.1, -0.05) is 6.07 Å². The van der Waals surface area contributed by atoms with E-state index in [9.17, 15) is 13.2 Å². The fraction of sp³-hybridized carbons (Fsp3) is 0.273. The molecule has 2 heterocycles. The molecule has 2 rings (SSSR count). The topological polar surface area (TPSA) is 41.6 Å². The van der Waals surface area contributed by atoms with Crippen LogP contribution in [0.15, 0.2) is 18.2 Å². The van der Waals surface area contributed by atoms with Crippen LogP contribution >= 0.6 is 0 Å². The molecule has 0 aliphatic rings. The lowest BCUT2D eigenvalue weighted by atomic mass is 10.1. The van der Waals surface area contributed by atoms with Gasteiger partial charge in [0.25, 0.3) is 0 Å². The number of halogens is 3. The molecule has 0 amide bonds. The molecule has 3 nitrogen and oxygen atoms in total. The highest BCUT2D eigenvalue weighted by molar-refractivity contribution is 5.59. The van der Waals surface area contributed by atoms with Gasteiger partial charge in [0.1, 0.15) is 11.4 Å². The highest BCUT2D eigenvalue weighted by Gasteiger charge is 2.32. The number of hydrogen-bond donors (Lipinski definition) is 1. The number of H-pyrrole nitrogens is 1. The van der Waals surface area contributed by atoms with E-state index in [1.807, 2.05) is 0 Å². The maximum atomic E-state index is 12.5. The summed E-state index contributed by atoms with van der Waals surface area (Å²) >= 11 is 0. The molecule has 0 aliphatic heterocycles. The monoisotopic (exact) mass is 241 g/mol. The summed E-state index contributed by atoms with van der Waals surface area (Å²) in [5, 5.41) is 6.68. The second-order valence-electron chi connectivity index (χ2n) is 3.73. The Labute approximate surface area is 95.7 Å². The van der Waals surface area contributed by atoms with Crippen LogP contribution in [0.5, 0.6) is 0 Å². The average molecular weight is 241 g/mol. The minimum absolute atomic E-state index is 0.224. The third-order valence-electron chi connectivity index (χ3n) is 2.54. The van der Waals surface area contributed by atoms with Gasteiger partial charge in [-0.3, -0.25) is 5.10 Å². The van der Waals surface area contributed by atoms with Gasteiger partial charge >= 0.3 is 6.18 Å². The Hall–Kier alpha value is -1.85. The smallest absolute Gasteiger partial charge is 0.282 e. The molecule has 2 aromatic heterocycles. The fourth-order valence-corrected chi connectivity index (χ4v) is 1.46. The predicted octanol–water partition coefficient (Wildman–Crippen LogP) is 3.11. The van der Waals surface area contributed by atoms with E-state index >= 15 is 0 Å². The lowest BCUT2D eigenvalue weighted by molar-refractivity contribution is -0.141. The Morgan fingerprint density at radius 1 is 1.18 bits per heavy atom. The van der Waals surface area contributed by atoms with Crippen molar-refractivity contribution in [3.05, 3.63) is 35.2 Å². The summed E-state index contributed by atoms with van der Waals surface area (Å²) in [5.41, 5.74) is 1.39. The number of rotatable bonds is 1. The lowest BCUT2D eigenvalue weighted by Gasteiger charge is -2.06. The van der Waals surface area contributed by atoms with E-state index in [4.69, 9.17) is 0 Å². The molecule has 2 aromatic rings. The van der Waals surface area contributed by atoms with Crippen LogP contribution in [0.1, 0.15) is 17.0 Å². The summed E-state index contributed by atoms with van der Waals surface area (Å²) in [6.07, 6.45) is -4.44. The predicted molar refractivity (Wildman–Crippen MR) is 56.3 cm³/mol. The van der Waals surface area contributed by atoms with Crippen LogP contribution in [0.25, 0.3) is 11.4 Å². The van der Waals surface area contributed by atoms with Crippen LogP contribution in [-0.2, 0) is 6.18 Å². The fourth-order valence-electron chi connectivity index (χ4n) is 1.46. The molecule has 90 valence electrons. The van der Waals surface area contributed by atoms with Crippen molar-refractivity contribution < 1.29 is 13.2 Å². The molecule has 0 aliphatic carbocycles. The maximum Gasteiger partial charge on any atom is 0.433 e. The summed E-state index contributed by atoms with van der Waals surface area (Å²) in [7, 11) is 0. The number of aromatic nitrogens is 3. The number of hydrogen-bond acceptors (Lipinski definition) is 2. The van der Waals surface area contributed by atoms with Crippen molar-refractivity contribution in [2.45, 2.75) is 20.0 Å². The van der Waals surface area contributed by atoms with E-state index in [2.05, 4.69) is 15.2 Å². The molecule has 0 bridgehead atoms. The molecular weight excluding hydrogens is 231 g/mol. The minimum atomic E-state index is -4.44. The quantitative estimate of drug-likeness (QED) is 0.833. The Morgan fingerprint density at radius 3 is 2.41 bits per heavy atom. The SMILES string of the molecule is Cc1[nH]nc(-c2cccc(C(F)(F)F)n2)c1C. The molecule has 1 N–H and O–H groups in total. The van der Waals surface area contributed by atoms with Crippen LogP contribution in [0.2, 0.25) is 0 Å². The summed E-state index contributed by atoms with van der Waals surface area (Å²) in [5.74, 6) is 0. The van der Waals surface area contributed by atoms with Gasteiger partial charge in [-0.05, 0) is 31.5 Å². The third kappa shape index (κ3) is 2.15. The molecule has 0 spiro atoms. The van der Waals surface area contributed by atoms with Gasteiger partial charge in [-0.15, -0.1) is 0 Å². The average Bonchev–Trinajstić information content (AvgIpc) is 2.59. The van der Waals surface area contributed by atoms with Crippen molar-refractivity contribution in [2.75, 3.05) is 0 Å². The molecule has 0 saturated heterocycles. The Balaban J connectivity index is 2.51. The zero-order chi connectivity index (χ0) is 12.6. The number of aromatic amines is 1. The number of nitrogens with zero attached hydrogens (tertiary/aromatic N) is 2. The first-order valence-electron chi connectivity index (χ1n) is 4.96. The van der Waals surface area contributed by atoms with Gasteiger partial charge in [0.15, 0.2) is 0 Å². The Morgan fingerprint density at radius 2 is 1.88 bits per heavy atom. The van der Waals surface area contributed by atoms with E-state index in [0.717, 1.165) is 17.3 Å². The van der Waals surface area contributed by atoms with E-state index in [-0.39, 0.29) is 5.69 Å². The highest BCUT2D eigenvalue weighted by Crippen LogP contribution is 2.29. The second-order valence-corrected chi connectivity index (χ2v) is 3.73. The van der Waals surface area contributed by atoms with E-state index in [1.54, 1.807) is 13.8 Å². The molecular formula is C11H10F3N3. The first kappa shape index (κ1) is 11.6. The van der Waals surface area contributed by atoms with Crippen molar-refractivity contribution >= 4 is 0 Å². The van der Waals surface area contributed by atoms with Crippen molar-refractivity contribution in [3.63, 3.8) is 0 Å². The van der Waals surface area contributed by atoms with Crippen LogP contribution in [0.3, 0.4) is 0 Å². The summed E-state index contributed by atoms with van der Waals surface area (Å²) < 4.78 is 37.5. The van der Waals surface area contributed by atoms with E-state index in [0.29, 0.717) is 5.69 Å². The highest BCUT2D eigenvalue weighted by atomic mass is 19.4. The zero-order valence-electron chi connectivity index (χ0n) is 9.26. The van der Waals surface area contributed by atoms with Crippen molar-refractivity contribution in [2.24, 2.45) is 0 Å². The molecule has 0 aromatic carbocycles. The number of pyridine rings is 1. The lowest BCUT2D eigenvalue weighted by Crippen LogP contribution is -2.08. The second kappa shape index (κ2) is 3.87. The van der Waals surface area contributed by atoms with Crippen LogP contribution in [0.4, 0.5) is 13.2 Å². The standard InChI is InChI=1S/C11H10F3N3/c1-6-7(2)16-17-10(6)8-4-3-5-9(15-8)11(12,13)14/h3-5H,1-2H3,(H,16,17). The zero-order valence-corrected chi connectivity index (χ0v) is 9.26. The van der Waals surface area contributed by atoms with Gasteiger partial charge in [-0.25, -0.2) is 4.98 Å². The summed E-state index contributed by atoms with van der Waals surface area (Å²) in [4.78, 5) is 3.58. The van der Waals surface area contributed by atoms with Crippen molar-refractivity contribution in [1.82, 2.24) is 15.2 Å². The van der Waals surface area contributed by atoms with Crippen molar-refractivity contribution in [1.29, 1.82) is 0 Å². The van der Waals surface area contributed by atoms with Crippen LogP contribution in [-0.4, -0.2) is 15.2 Å². The number of nitrogens with one attached hydrogen (secondary N) is 1. The largest absolute Gasteiger partial charge is 0.433 e. The summed E-state index contributed by atoms with van der Waals surface area (Å²) in [6, 6.07) is 3.78. The molecule has 0 saturated carbocycles. The van der Waals surface area contributed by atoms with Crippen molar-refractivity contribution in [3.8, 4) is 11.4 Å². The molecule has 0 radical (unpaired) electrons. The number of aryl methyl sites for hydroxylation is 1. The van der Waals surface area contributed by atoms with Gasteiger partial charge in [0.05, 0.1) is 5.69 Å². The molecule has 17 heavy (non-hydrogen) atoms. The Kier molecular flexibility index (Phi) is 2.65. The van der Waals surface area contributed by atoms with E-state index in [1.165, 1.54) is 12.1 Å². The minimum Gasteiger partial charge on any atom is -0.282 e. The van der Waals surface area contributed by atoms with E-state index < -0.39 is 11.9 Å². The normalized spacial score (nSPS) is 11.8. The van der Waals surface area contributed by atoms with Gasteiger partial charge in [-0.2, -0.15) is 18.3 Å². The maximum absolute atomic E-state index is 12.5. The molecule has 6 heteroatoms. The third-order valence-corrected chi connectivity index (χ3v) is 2.54. The summed E-state index contributed by atoms with van der Waals surface area (Å²) in [6.45, 7) is 3.59. The Bertz CT molecular complexity index is 543. The van der Waals surface area contributed by atoms with Gasteiger partial charge in [0, 0.05) is 5.69 Å². The van der Waals surface area contributed by atoms with Gasteiger partial charge in [0.2, 0.25) is 0 Å². The molecule has 0 fully saturated rings. The van der Waals surface area contributed by atoms with Crippen LogP contribution in [0, 0.1) is 13.8 Å². The van der Waals surface area contributed by atoms with Gasteiger partial charge < -0.3 is 0 Å². The number of alkyl halides is 3. The van der Waals surface area contributed by atoms with Crippen LogP contribution < -0.4 is 0 Å².